The SMILES string of the molecule is CNCCNc1nc2cc(-c3cccc(COc4cc(OCc5cncc(C#N)c5)c(CN[C@H](C(=O)O)C(C)C)cc4Cl)c3C)ccc2o1. The Morgan fingerprint density at radius 2 is 1.86 bits per heavy atom. The molecule has 49 heavy (non-hydrogen) atoms. The molecule has 4 N–H and O–H groups in total. The average molecular weight is 683 g/mol. The number of nitrogens with zero attached hydrogens (tertiary/aromatic N) is 3. The van der Waals surface area contributed by atoms with Gasteiger partial charge in [-0.05, 0) is 66.4 Å². The van der Waals surface area contributed by atoms with Gasteiger partial charge in [-0.2, -0.15) is 10.2 Å². The zero-order chi connectivity index (χ0) is 34.9. The van der Waals surface area contributed by atoms with Crippen LogP contribution in [0.2, 0.25) is 5.02 Å². The average Bonchev–Trinajstić information content (AvgIpc) is 3.50. The maximum absolute atomic E-state index is 11.8. The van der Waals surface area contributed by atoms with Gasteiger partial charge in [0.25, 0.3) is 6.01 Å². The van der Waals surface area contributed by atoms with Gasteiger partial charge in [0.2, 0.25) is 0 Å². The Hall–Kier alpha value is -5.15. The summed E-state index contributed by atoms with van der Waals surface area (Å²) in [5.41, 5.74) is 7.32. The second-order valence-corrected chi connectivity index (χ2v) is 12.3. The Kier molecular flexibility index (Phi) is 11.7. The van der Waals surface area contributed by atoms with Crippen LogP contribution in [-0.4, -0.2) is 47.2 Å². The quantitative estimate of drug-likeness (QED) is 0.0821. The minimum absolute atomic E-state index is 0.133. The molecule has 0 fully saturated rings. The van der Waals surface area contributed by atoms with Crippen LogP contribution in [0.1, 0.15) is 41.7 Å². The molecule has 3 aromatic carbocycles. The third-order valence-electron chi connectivity index (χ3n) is 8.06. The lowest BCUT2D eigenvalue weighted by Crippen LogP contribution is -2.40. The number of ether oxygens (including phenoxy) is 2. The third kappa shape index (κ3) is 8.86. The normalized spacial score (nSPS) is 11.8. The number of anilines is 1. The van der Waals surface area contributed by atoms with Crippen molar-refractivity contribution in [2.75, 3.05) is 25.5 Å². The van der Waals surface area contributed by atoms with Crippen LogP contribution in [0.5, 0.6) is 11.5 Å². The van der Waals surface area contributed by atoms with E-state index in [0.29, 0.717) is 51.4 Å². The molecule has 2 heterocycles. The summed E-state index contributed by atoms with van der Waals surface area (Å²) in [5.74, 6) is -0.203. The molecule has 0 saturated carbocycles. The van der Waals surface area contributed by atoms with E-state index in [-0.39, 0.29) is 25.7 Å². The number of oxazole rings is 1. The molecule has 0 saturated heterocycles. The number of pyridine rings is 1. The summed E-state index contributed by atoms with van der Waals surface area (Å²) >= 11 is 6.73. The number of halogens is 1. The number of carbonyl (C=O) groups is 1. The molecule has 0 aliphatic rings. The van der Waals surface area contributed by atoms with Gasteiger partial charge < -0.3 is 29.6 Å². The first-order chi connectivity index (χ1) is 23.7. The van der Waals surface area contributed by atoms with E-state index in [1.165, 1.54) is 6.20 Å². The summed E-state index contributed by atoms with van der Waals surface area (Å²) in [6, 6.07) is 19.0. The monoisotopic (exact) mass is 682 g/mol. The van der Waals surface area contributed by atoms with Gasteiger partial charge in [-0.25, -0.2) is 0 Å². The van der Waals surface area contributed by atoms with Gasteiger partial charge in [0.05, 0.1) is 10.6 Å². The number of aromatic nitrogens is 2. The molecule has 1 atom stereocenters. The molecule has 0 aliphatic heterocycles. The third-order valence-corrected chi connectivity index (χ3v) is 8.35. The first-order valence-corrected chi connectivity index (χ1v) is 16.3. The van der Waals surface area contributed by atoms with E-state index in [0.717, 1.165) is 34.3 Å². The number of carboxylic acids is 1. The smallest absolute Gasteiger partial charge is 0.320 e. The predicted molar refractivity (Wildman–Crippen MR) is 189 cm³/mol. The maximum Gasteiger partial charge on any atom is 0.320 e. The summed E-state index contributed by atoms with van der Waals surface area (Å²) in [4.78, 5) is 20.5. The van der Waals surface area contributed by atoms with E-state index >= 15 is 0 Å². The lowest BCUT2D eigenvalue weighted by atomic mass is 9.96. The second kappa shape index (κ2) is 16.3. The van der Waals surface area contributed by atoms with Gasteiger partial charge in [0.1, 0.15) is 42.3 Å². The molecule has 0 bridgehead atoms. The molecule has 2 aromatic heterocycles. The number of benzene rings is 3. The van der Waals surface area contributed by atoms with Crippen molar-refractivity contribution >= 4 is 34.7 Å². The lowest BCUT2D eigenvalue weighted by Gasteiger charge is -2.20. The van der Waals surface area contributed by atoms with Crippen LogP contribution < -0.4 is 25.4 Å². The second-order valence-electron chi connectivity index (χ2n) is 11.9. The van der Waals surface area contributed by atoms with Gasteiger partial charge in [0.15, 0.2) is 5.58 Å². The van der Waals surface area contributed by atoms with Crippen LogP contribution >= 0.6 is 11.6 Å². The van der Waals surface area contributed by atoms with Crippen molar-refractivity contribution in [1.82, 2.24) is 20.6 Å². The fourth-order valence-electron chi connectivity index (χ4n) is 5.35. The van der Waals surface area contributed by atoms with Crippen LogP contribution in [0.25, 0.3) is 22.2 Å². The molecule has 0 aliphatic carbocycles. The number of nitriles is 1. The number of rotatable bonds is 16. The Morgan fingerprint density at radius 3 is 2.61 bits per heavy atom. The van der Waals surface area contributed by atoms with Crippen molar-refractivity contribution in [2.24, 2.45) is 5.92 Å². The number of hydrogen-bond donors (Lipinski definition) is 4. The largest absolute Gasteiger partial charge is 0.488 e. The maximum atomic E-state index is 11.8. The van der Waals surface area contributed by atoms with E-state index in [1.807, 2.05) is 58.2 Å². The first kappa shape index (κ1) is 35.2. The fraction of sp³-hybridized carbons (Fsp3) is 0.297. The van der Waals surface area contributed by atoms with Gasteiger partial charge in [-0.15, -0.1) is 0 Å². The van der Waals surface area contributed by atoms with Gasteiger partial charge in [-0.3, -0.25) is 15.1 Å². The summed E-state index contributed by atoms with van der Waals surface area (Å²) in [6.07, 6.45) is 3.11. The van der Waals surface area contributed by atoms with Crippen LogP contribution in [0, 0.1) is 24.2 Å². The van der Waals surface area contributed by atoms with Crippen molar-refractivity contribution in [1.29, 1.82) is 5.26 Å². The molecule has 0 radical (unpaired) electrons. The highest BCUT2D eigenvalue weighted by atomic mass is 35.5. The fourth-order valence-corrected chi connectivity index (χ4v) is 5.59. The molecule has 0 unspecified atom stereocenters. The van der Waals surface area contributed by atoms with E-state index < -0.39 is 12.0 Å². The van der Waals surface area contributed by atoms with Crippen LogP contribution in [-0.2, 0) is 24.6 Å². The first-order valence-electron chi connectivity index (χ1n) is 15.9. The minimum atomic E-state index is -0.941. The summed E-state index contributed by atoms with van der Waals surface area (Å²) < 4.78 is 18.3. The molecule has 0 spiro atoms. The summed E-state index contributed by atoms with van der Waals surface area (Å²) in [7, 11) is 1.89. The van der Waals surface area contributed by atoms with E-state index in [2.05, 4.69) is 38.1 Å². The van der Waals surface area contributed by atoms with E-state index in [1.54, 1.807) is 24.4 Å². The Bertz CT molecular complexity index is 1970. The number of aliphatic carboxylic acids is 1. The molecule has 11 nitrogen and oxygen atoms in total. The predicted octanol–water partition coefficient (Wildman–Crippen LogP) is 6.71. The minimum Gasteiger partial charge on any atom is -0.488 e. The summed E-state index contributed by atoms with van der Waals surface area (Å²) in [5, 5.41) is 28.7. The molecular formula is C37H39ClN6O5. The zero-order valence-corrected chi connectivity index (χ0v) is 28.6. The molecular weight excluding hydrogens is 644 g/mol. The lowest BCUT2D eigenvalue weighted by molar-refractivity contribution is -0.140. The van der Waals surface area contributed by atoms with Crippen molar-refractivity contribution < 1.29 is 23.8 Å². The Balaban J connectivity index is 1.37. The van der Waals surface area contributed by atoms with E-state index in [4.69, 9.17) is 25.5 Å². The number of likely N-dealkylation sites (N-methyl/N-ethyl adjacent to an activating group) is 1. The van der Waals surface area contributed by atoms with Gasteiger partial charge in [0, 0.05) is 49.2 Å². The van der Waals surface area contributed by atoms with Crippen molar-refractivity contribution in [3.63, 3.8) is 0 Å². The Morgan fingerprint density at radius 1 is 1.04 bits per heavy atom. The highest BCUT2D eigenvalue weighted by molar-refractivity contribution is 6.32. The molecule has 0 amide bonds. The van der Waals surface area contributed by atoms with Gasteiger partial charge in [-0.1, -0.05) is 49.7 Å². The highest BCUT2D eigenvalue weighted by Gasteiger charge is 2.22. The topological polar surface area (TPSA) is 155 Å². The molecule has 5 aromatic rings. The molecule has 5 rings (SSSR count). The van der Waals surface area contributed by atoms with Crippen LogP contribution in [0.4, 0.5) is 6.01 Å². The van der Waals surface area contributed by atoms with E-state index in [9.17, 15) is 15.2 Å². The number of fused-ring (bicyclic) bond motifs is 1. The van der Waals surface area contributed by atoms with Crippen LogP contribution in [0.15, 0.2) is 71.4 Å². The number of nitrogens with one attached hydrogen (secondary N) is 3. The molecule has 254 valence electrons. The van der Waals surface area contributed by atoms with Crippen molar-refractivity contribution in [2.45, 2.75) is 46.6 Å². The van der Waals surface area contributed by atoms with Crippen molar-refractivity contribution in [3.8, 4) is 28.7 Å². The summed E-state index contributed by atoms with van der Waals surface area (Å²) in [6.45, 7) is 7.79. The zero-order valence-electron chi connectivity index (χ0n) is 27.8. The van der Waals surface area contributed by atoms with Crippen LogP contribution in [0.3, 0.4) is 0 Å². The number of carboxylic acid groups (broad SMARTS) is 1. The molecule has 12 heteroatoms. The highest BCUT2D eigenvalue weighted by Crippen LogP contribution is 2.35. The number of hydrogen-bond acceptors (Lipinski definition) is 10. The van der Waals surface area contributed by atoms with Gasteiger partial charge >= 0.3 is 5.97 Å². The Labute approximate surface area is 290 Å². The standard InChI is InChI=1S/C37H39ClN6O5/c1-22(2)35(36(45)46)43-19-28-13-30(38)34(15-33(28)47-20-25-12-24(16-39)17-41-18-25)48-21-27-6-5-7-29(23(27)3)26-8-9-32-31(14-26)44-37(49-32)42-11-10-40-4/h5-9,12-15,17-18,22,35,40,43H,10-11,19-21H2,1-4H3,(H,42,44)(H,45,46)/t35-/m0/s1. The van der Waals surface area contributed by atoms with Crippen molar-refractivity contribution in [3.05, 3.63) is 99.8 Å².